The van der Waals surface area contributed by atoms with Gasteiger partial charge in [-0.1, -0.05) is 23.7 Å². The molecule has 1 aliphatic rings. The molecule has 1 saturated heterocycles. The number of piperidine rings is 1. The Labute approximate surface area is 102 Å². The Bertz CT molecular complexity index is 347. The van der Waals surface area contributed by atoms with Crippen molar-refractivity contribution in [3.05, 3.63) is 34.3 Å². The van der Waals surface area contributed by atoms with Crippen LogP contribution in [-0.4, -0.2) is 29.2 Å². The standard InChI is InChI=1S/C13H18ClNO/c1-10-4-2-6-13(14)12(10)9-15-7-3-5-11(16)8-15/h2,4,6,11,16H,3,5,7-9H2,1H3/t11-/m1/s1. The fourth-order valence-electron chi connectivity index (χ4n) is 2.27. The van der Waals surface area contributed by atoms with Gasteiger partial charge in [-0.05, 0) is 43.5 Å². The number of likely N-dealkylation sites (tertiary alicyclic amines) is 1. The van der Waals surface area contributed by atoms with Gasteiger partial charge in [0, 0.05) is 18.1 Å². The van der Waals surface area contributed by atoms with Gasteiger partial charge in [-0.2, -0.15) is 0 Å². The summed E-state index contributed by atoms with van der Waals surface area (Å²) in [7, 11) is 0. The van der Waals surface area contributed by atoms with Gasteiger partial charge in [-0.25, -0.2) is 0 Å². The van der Waals surface area contributed by atoms with Gasteiger partial charge in [0.1, 0.15) is 0 Å². The molecule has 0 aliphatic carbocycles. The van der Waals surface area contributed by atoms with E-state index in [-0.39, 0.29) is 6.10 Å². The van der Waals surface area contributed by atoms with Crippen LogP contribution in [-0.2, 0) is 6.54 Å². The Balaban J connectivity index is 2.08. The molecule has 0 radical (unpaired) electrons. The number of β-amino-alcohol motifs (C(OH)–C–C–N with tert-alkyl or cyclic N) is 1. The van der Waals surface area contributed by atoms with Crippen molar-refractivity contribution in [1.82, 2.24) is 4.90 Å². The van der Waals surface area contributed by atoms with Crippen LogP contribution in [0.3, 0.4) is 0 Å². The molecule has 0 unspecified atom stereocenters. The first kappa shape index (κ1) is 11.9. The van der Waals surface area contributed by atoms with E-state index in [0.717, 1.165) is 37.5 Å². The van der Waals surface area contributed by atoms with Crippen LogP contribution >= 0.6 is 11.6 Å². The summed E-state index contributed by atoms with van der Waals surface area (Å²) in [6, 6.07) is 6.00. The predicted octanol–water partition coefficient (Wildman–Crippen LogP) is 2.61. The van der Waals surface area contributed by atoms with E-state index < -0.39 is 0 Å². The van der Waals surface area contributed by atoms with E-state index in [1.807, 2.05) is 12.1 Å². The van der Waals surface area contributed by atoms with E-state index in [9.17, 15) is 5.11 Å². The number of halogens is 1. The number of benzene rings is 1. The van der Waals surface area contributed by atoms with Gasteiger partial charge in [0.05, 0.1) is 6.10 Å². The number of hydrogen-bond acceptors (Lipinski definition) is 2. The van der Waals surface area contributed by atoms with Gasteiger partial charge in [-0.3, -0.25) is 4.90 Å². The van der Waals surface area contributed by atoms with E-state index in [1.54, 1.807) is 0 Å². The normalized spacial score (nSPS) is 22.3. The summed E-state index contributed by atoms with van der Waals surface area (Å²) in [6.07, 6.45) is 1.83. The van der Waals surface area contributed by atoms with Crippen LogP contribution in [0.4, 0.5) is 0 Å². The smallest absolute Gasteiger partial charge is 0.0667 e. The largest absolute Gasteiger partial charge is 0.392 e. The van der Waals surface area contributed by atoms with Gasteiger partial charge in [0.25, 0.3) is 0 Å². The second kappa shape index (κ2) is 5.17. The first-order valence-corrected chi connectivity index (χ1v) is 6.19. The van der Waals surface area contributed by atoms with Crippen LogP contribution in [0.15, 0.2) is 18.2 Å². The van der Waals surface area contributed by atoms with Gasteiger partial charge >= 0.3 is 0 Å². The minimum absolute atomic E-state index is 0.170. The zero-order chi connectivity index (χ0) is 11.5. The molecule has 3 heteroatoms. The molecule has 0 spiro atoms. The molecule has 2 rings (SSSR count). The van der Waals surface area contributed by atoms with Crippen LogP contribution < -0.4 is 0 Å². The summed E-state index contributed by atoms with van der Waals surface area (Å²) in [5, 5.41) is 10.5. The zero-order valence-electron chi connectivity index (χ0n) is 9.62. The average Bonchev–Trinajstić information content (AvgIpc) is 2.24. The highest BCUT2D eigenvalue weighted by molar-refractivity contribution is 6.31. The topological polar surface area (TPSA) is 23.5 Å². The Morgan fingerprint density at radius 2 is 2.31 bits per heavy atom. The number of nitrogens with zero attached hydrogens (tertiary/aromatic N) is 1. The molecular weight excluding hydrogens is 222 g/mol. The molecule has 0 aromatic heterocycles. The Morgan fingerprint density at radius 1 is 1.50 bits per heavy atom. The fourth-order valence-corrected chi connectivity index (χ4v) is 2.55. The summed E-state index contributed by atoms with van der Waals surface area (Å²) in [4.78, 5) is 2.28. The lowest BCUT2D eigenvalue weighted by Crippen LogP contribution is -2.37. The summed E-state index contributed by atoms with van der Waals surface area (Å²) >= 11 is 6.20. The lowest BCUT2D eigenvalue weighted by molar-refractivity contribution is 0.0667. The maximum Gasteiger partial charge on any atom is 0.0667 e. The average molecular weight is 240 g/mol. The lowest BCUT2D eigenvalue weighted by Gasteiger charge is -2.30. The van der Waals surface area contributed by atoms with Crippen molar-refractivity contribution in [1.29, 1.82) is 0 Å². The quantitative estimate of drug-likeness (QED) is 0.858. The number of rotatable bonds is 2. The third-order valence-corrected chi connectivity index (χ3v) is 3.57. The lowest BCUT2D eigenvalue weighted by atomic mass is 10.0. The molecule has 1 heterocycles. The first-order chi connectivity index (χ1) is 7.66. The number of aliphatic hydroxyl groups excluding tert-OH is 1. The third kappa shape index (κ3) is 2.76. The molecule has 0 bridgehead atoms. The van der Waals surface area contributed by atoms with Crippen molar-refractivity contribution in [2.45, 2.75) is 32.4 Å². The number of aliphatic hydroxyl groups is 1. The predicted molar refractivity (Wildman–Crippen MR) is 66.7 cm³/mol. The highest BCUT2D eigenvalue weighted by Gasteiger charge is 2.18. The summed E-state index contributed by atoms with van der Waals surface area (Å²) in [6.45, 7) is 4.76. The maximum absolute atomic E-state index is 9.62. The van der Waals surface area contributed by atoms with Crippen molar-refractivity contribution < 1.29 is 5.11 Å². The Hall–Kier alpha value is -0.570. The highest BCUT2D eigenvalue weighted by Crippen LogP contribution is 2.22. The van der Waals surface area contributed by atoms with E-state index in [1.165, 1.54) is 11.1 Å². The van der Waals surface area contributed by atoms with Crippen molar-refractivity contribution in [3.8, 4) is 0 Å². The minimum atomic E-state index is -0.170. The van der Waals surface area contributed by atoms with Crippen LogP contribution in [0.1, 0.15) is 24.0 Å². The molecule has 1 atom stereocenters. The maximum atomic E-state index is 9.62. The third-order valence-electron chi connectivity index (χ3n) is 3.22. The van der Waals surface area contributed by atoms with E-state index >= 15 is 0 Å². The fraction of sp³-hybridized carbons (Fsp3) is 0.538. The molecule has 1 N–H and O–H groups in total. The van der Waals surface area contributed by atoms with Gasteiger partial charge in [0.15, 0.2) is 0 Å². The van der Waals surface area contributed by atoms with E-state index in [2.05, 4.69) is 17.9 Å². The Morgan fingerprint density at radius 3 is 3.00 bits per heavy atom. The van der Waals surface area contributed by atoms with Gasteiger partial charge in [-0.15, -0.1) is 0 Å². The highest BCUT2D eigenvalue weighted by atomic mass is 35.5. The number of hydrogen-bond donors (Lipinski definition) is 1. The number of aryl methyl sites for hydroxylation is 1. The summed E-state index contributed by atoms with van der Waals surface area (Å²) < 4.78 is 0. The van der Waals surface area contributed by atoms with Crippen LogP contribution in [0, 0.1) is 6.92 Å². The molecule has 1 aromatic rings. The molecule has 88 valence electrons. The van der Waals surface area contributed by atoms with Crippen molar-refractivity contribution >= 4 is 11.6 Å². The van der Waals surface area contributed by atoms with Crippen LogP contribution in [0.5, 0.6) is 0 Å². The molecular formula is C13H18ClNO. The molecule has 2 nitrogen and oxygen atoms in total. The zero-order valence-corrected chi connectivity index (χ0v) is 10.4. The molecule has 1 aliphatic heterocycles. The first-order valence-electron chi connectivity index (χ1n) is 5.81. The SMILES string of the molecule is Cc1cccc(Cl)c1CN1CCC[C@@H](O)C1. The van der Waals surface area contributed by atoms with Crippen molar-refractivity contribution in [2.24, 2.45) is 0 Å². The van der Waals surface area contributed by atoms with Crippen molar-refractivity contribution in [3.63, 3.8) is 0 Å². The second-order valence-corrected chi connectivity index (χ2v) is 4.97. The van der Waals surface area contributed by atoms with Crippen LogP contribution in [0.25, 0.3) is 0 Å². The van der Waals surface area contributed by atoms with E-state index in [4.69, 9.17) is 11.6 Å². The van der Waals surface area contributed by atoms with Crippen LogP contribution in [0.2, 0.25) is 5.02 Å². The molecule has 0 amide bonds. The summed E-state index contributed by atoms with van der Waals surface area (Å²) in [5.41, 5.74) is 2.42. The van der Waals surface area contributed by atoms with Crippen molar-refractivity contribution in [2.75, 3.05) is 13.1 Å². The summed E-state index contributed by atoms with van der Waals surface area (Å²) in [5.74, 6) is 0. The molecule has 0 saturated carbocycles. The van der Waals surface area contributed by atoms with Gasteiger partial charge in [0.2, 0.25) is 0 Å². The Kier molecular flexibility index (Phi) is 3.85. The molecule has 1 aromatic carbocycles. The monoisotopic (exact) mass is 239 g/mol. The minimum Gasteiger partial charge on any atom is -0.392 e. The van der Waals surface area contributed by atoms with E-state index in [0.29, 0.717) is 0 Å². The second-order valence-electron chi connectivity index (χ2n) is 4.57. The van der Waals surface area contributed by atoms with Gasteiger partial charge < -0.3 is 5.11 Å². The molecule has 1 fully saturated rings. The molecule has 16 heavy (non-hydrogen) atoms.